The Labute approximate surface area is 144 Å². The predicted octanol–water partition coefficient (Wildman–Crippen LogP) is 2.89. The van der Waals surface area contributed by atoms with Gasteiger partial charge in [0.2, 0.25) is 0 Å². The number of ether oxygens (including phenoxy) is 1. The summed E-state index contributed by atoms with van der Waals surface area (Å²) < 4.78 is 7.91. The van der Waals surface area contributed by atoms with Crippen LogP contribution in [0, 0.1) is 5.92 Å². The van der Waals surface area contributed by atoms with E-state index in [4.69, 9.17) is 4.74 Å². The van der Waals surface area contributed by atoms with Gasteiger partial charge in [0.05, 0.1) is 6.61 Å². The largest absolute Gasteiger partial charge is 0.493 e. The van der Waals surface area contributed by atoms with Gasteiger partial charge in [0, 0.05) is 39.1 Å². The Morgan fingerprint density at radius 1 is 1.17 bits per heavy atom. The number of nitrogens with zero attached hydrogens (tertiary/aromatic N) is 2. The quantitative estimate of drug-likeness (QED) is 0.579. The van der Waals surface area contributed by atoms with Crippen LogP contribution < -0.4 is 15.4 Å². The van der Waals surface area contributed by atoms with Crippen molar-refractivity contribution in [3.63, 3.8) is 0 Å². The van der Waals surface area contributed by atoms with E-state index in [2.05, 4.69) is 58.6 Å². The molecule has 0 saturated carbocycles. The van der Waals surface area contributed by atoms with Gasteiger partial charge in [-0.2, -0.15) is 0 Å². The van der Waals surface area contributed by atoms with E-state index >= 15 is 0 Å². The minimum absolute atomic E-state index is 0.523. The van der Waals surface area contributed by atoms with Crippen molar-refractivity contribution < 1.29 is 4.74 Å². The van der Waals surface area contributed by atoms with Crippen molar-refractivity contribution in [2.75, 3.05) is 20.2 Å². The van der Waals surface area contributed by atoms with E-state index < -0.39 is 0 Å². The summed E-state index contributed by atoms with van der Waals surface area (Å²) in [5, 5.41) is 6.65. The molecule has 0 amide bonds. The van der Waals surface area contributed by atoms with Gasteiger partial charge in [0.25, 0.3) is 0 Å². The SMILES string of the molecule is CN=C(NCCn1cccc1)NCc1cccc(OCC(C)C)c1. The van der Waals surface area contributed by atoms with Gasteiger partial charge >= 0.3 is 0 Å². The highest BCUT2D eigenvalue weighted by molar-refractivity contribution is 5.79. The van der Waals surface area contributed by atoms with E-state index in [1.165, 1.54) is 5.56 Å². The van der Waals surface area contributed by atoms with Gasteiger partial charge < -0.3 is 19.9 Å². The van der Waals surface area contributed by atoms with Crippen molar-refractivity contribution >= 4 is 5.96 Å². The Morgan fingerprint density at radius 2 is 1.96 bits per heavy atom. The monoisotopic (exact) mass is 328 g/mol. The summed E-state index contributed by atoms with van der Waals surface area (Å²) in [6.45, 7) is 7.48. The highest BCUT2D eigenvalue weighted by Gasteiger charge is 2.01. The normalized spacial score (nSPS) is 11.6. The van der Waals surface area contributed by atoms with E-state index in [0.29, 0.717) is 12.5 Å². The lowest BCUT2D eigenvalue weighted by molar-refractivity contribution is 0.271. The molecular weight excluding hydrogens is 300 g/mol. The molecule has 1 heterocycles. The first-order valence-electron chi connectivity index (χ1n) is 8.44. The third-order valence-electron chi connectivity index (χ3n) is 3.49. The second-order valence-electron chi connectivity index (χ2n) is 6.13. The number of hydrogen-bond donors (Lipinski definition) is 2. The summed E-state index contributed by atoms with van der Waals surface area (Å²) in [6.07, 6.45) is 4.11. The molecule has 0 radical (unpaired) electrons. The molecule has 130 valence electrons. The number of guanidine groups is 1. The molecule has 1 aromatic heterocycles. The van der Waals surface area contributed by atoms with Crippen LogP contribution in [-0.2, 0) is 13.1 Å². The van der Waals surface area contributed by atoms with Crippen LogP contribution in [0.25, 0.3) is 0 Å². The van der Waals surface area contributed by atoms with E-state index in [-0.39, 0.29) is 0 Å². The lowest BCUT2D eigenvalue weighted by atomic mass is 10.2. The molecule has 0 atom stereocenters. The summed E-state index contributed by atoms with van der Waals surface area (Å²) in [4.78, 5) is 4.26. The van der Waals surface area contributed by atoms with Crippen LogP contribution >= 0.6 is 0 Å². The summed E-state index contributed by atoms with van der Waals surface area (Å²) in [5.74, 6) is 2.24. The van der Waals surface area contributed by atoms with Crippen molar-refractivity contribution in [1.82, 2.24) is 15.2 Å². The molecule has 0 bridgehead atoms. The standard InChI is InChI=1S/C19H28N4O/c1-16(2)15-24-18-8-6-7-17(13-18)14-22-19(20-3)21-9-12-23-10-4-5-11-23/h4-8,10-11,13,16H,9,12,14-15H2,1-3H3,(H2,20,21,22). The molecule has 1 aromatic carbocycles. The molecule has 0 saturated heterocycles. The van der Waals surface area contributed by atoms with Crippen LogP contribution in [0.3, 0.4) is 0 Å². The van der Waals surface area contributed by atoms with E-state index in [0.717, 1.165) is 31.4 Å². The molecular formula is C19H28N4O. The fourth-order valence-corrected chi connectivity index (χ4v) is 2.24. The van der Waals surface area contributed by atoms with Crippen LogP contribution in [-0.4, -0.2) is 30.7 Å². The molecule has 2 aromatic rings. The van der Waals surface area contributed by atoms with Gasteiger partial charge in [-0.15, -0.1) is 0 Å². The number of benzene rings is 1. The fraction of sp³-hybridized carbons (Fsp3) is 0.421. The first kappa shape index (κ1) is 17.9. The number of rotatable bonds is 8. The average molecular weight is 328 g/mol. The first-order chi connectivity index (χ1) is 11.7. The van der Waals surface area contributed by atoms with Crippen LogP contribution in [0.5, 0.6) is 5.75 Å². The van der Waals surface area contributed by atoms with Gasteiger partial charge in [0.15, 0.2) is 5.96 Å². The zero-order chi connectivity index (χ0) is 17.2. The van der Waals surface area contributed by atoms with Gasteiger partial charge in [-0.1, -0.05) is 26.0 Å². The van der Waals surface area contributed by atoms with E-state index in [1.807, 2.05) is 24.3 Å². The van der Waals surface area contributed by atoms with Crippen LogP contribution in [0.1, 0.15) is 19.4 Å². The third kappa shape index (κ3) is 6.36. The molecule has 0 fully saturated rings. The predicted molar refractivity (Wildman–Crippen MR) is 99.4 cm³/mol. The summed E-state index contributed by atoms with van der Waals surface area (Å²) in [7, 11) is 1.78. The van der Waals surface area contributed by atoms with Gasteiger partial charge in [-0.3, -0.25) is 4.99 Å². The zero-order valence-corrected chi connectivity index (χ0v) is 14.8. The Kier molecular flexibility index (Phi) is 7.21. The Bertz CT molecular complexity index is 620. The maximum absolute atomic E-state index is 5.77. The molecule has 24 heavy (non-hydrogen) atoms. The van der Waals surface area contributed by atoms with Gasteiger partial charge in [0.1, 0.15) is 5.75 Å². The van der Waals surface area contributed by atoms with Crippen LogP contribution in [0.15, 0.2) is 53.8 Å². The molecule has 0 unspecified atom stereocenters. The molecule has 0 spiro atoms. The topological polar surface area (TPSA) is 50.6 Å². The van der Waals surface area contributed by atoms with Crippen molar-refractivity contribution in [3.8, 4) is 5.75 Å². The summed E-state index contributed by atoms with van der Waals surface area (Å²) in [5.41, 5.74) is 1.17. The lowest BCUT2D eigenvalue weighted by Crippen LogP contribution is -2.38. The highest BCUT2D eigenvalue weighted by atomic mass is 16.5. The molecule has 2 N–H and O–H groups in total. The molecule has 0 aliphatic heterocycles. The molecule has 2 rings (SSSR count). The smallest absolute Gasteiger partial charge is 0.191 e. The Hall–Kier alpha value is -2.43. The maximum Gasteiger partial charge on any atom is 0.191 e. The Morgan fingerprint density at radius 3 is 2.67 bits per heavy atom. The lowest BCUT2D eigenvalue weighted by Gasteiger charge is -2.13. The minimum atomic E-state index is 0.523. The molecule has 0 aliphatic rings. The summed E-state index contributed by atoms with van der Waals surface area (Å²) in [6, 6.07) is 12.2. The summed E-state index contributed by atoms with van der Waals surface area (Å²) >= 11 is 0. The second kappa shape index (κ2) is 9.65. The van der Waals surface area contributed by atoms with Crippen LogP contribution in [0.2, 0.25) is 0 Å². The minimum Gasteiger partial charge on any atom is -0.493 e. The number of hydrogen-bond acceptors (Lipinski definition) is 2. The molecule has 0 aliphatic carbocycles. The van der Waals surface area contributed by atoms with Crippen LogP contribution in [0.4, 0.5) is 0 Å². The van der Waals surface area contributed by atoms with Crippen molar-refractivity contribution in [1.29, 1.82) is 0 Å². The number of aliphatic imine (C=N–C) groups is 1. The van der Waals surface area contributed by atoms with Crippen molar-refractivity contribution in [2.45, 2.75) is 26.9 Å². The van der Waals surface area contributed by atoms with E-state index in [9.17, 15) is 0 Å². The van der Waals surface area contributed by atoms with Gasteiger partial charge in [-0.25, -0.2) is 0 Å². The van der Waals surface area contributed by atoms with Crippen molar-refractivity contribution in [3.05, 3.63) is 54.4 Å². The first-order valence-corrected chi connectivity index (χ1v) is 8.44. The number of aromatic nitrogens is 1. The second-order valence-corrected chi connectivity index (χ2v) is 6.13. The molecule has 5 heteroatoms. The highest BCUT2D eigenvalue weighted by Crippen LogP contribution is 2.14. The third-order valence-corrected chi connectivity index (χ3v) is 3.49. The van der Waals surface area contributed by atoms with Gasteiger partial charge in [-0.05, 0) is 35.7 Å². The fourth-order valence-electron chi connectivity index (χ4n) is 2.24. The van der Waals surface area contributed by atoms with Crippen molar-refractivity contribution in [2.24, 2.45) is 10.9 Å². The van der Waals surface area contributed by atoms with E-state index in [1.54, 1.807) is 7.05 Å². The average Bonchev–Trinajstić information content (AvgIpc) is 3.10. The zero-order valence-electron chi connectivity index (χ0n) is 14.8. The maximum atomic E-state index is 5.77. The Balaban J connectivity index is 1.76. The molecule has 5 nitrogen and oxygen atoms in total. The number of nitrogens with one attached hydrogen (secondary N) is 2.